The van der Waals surface area contributed by atoms with E-state index in [-0.39, 0.29) is 11.0 Å². The van der Waals surface area contributed by atoms with Gasteiger partial charge in [0.15, 0.2) is 0 Å². The lowest BCUT2D eigenvalue weighted by atomic mass is 9.99. The van der Waals surface area contributed by atoms with Gasteiger partial charge < -0.3 is 0 Å². The molecular formula is C13H13F3OS. The Kier molecular flexibility index (Phi) is 4.00. The highest BCUT2D eigenvalue weighted by molar-refractivity contribution is 8.00. The molecule has 0 saturated heterocycles. The Balaban J connectivity index is 2.00. The maximum atomic E-state index is 12.4. The van der Waals surface area contributed by atoms with Crippen molar-refractivity contribution in [3.63, 3.8) is 0 Å². The third-order valence-corrected chi connectivity index (χ3v) is 4.20. The summed E-state index contributed by atoms with van der Waals surface area (Å²) >= 11 is 1.50. The molecule has 1 atom stereocenters. The summed E-state index contributed by atoms with van der Waals surface area (Å²) in [5.74, 6) is 0.255. The first kappa shape index (κ1) is 13.5. The molecule has 0 aliphatic heterocycles. The maximum absolute atomic E-state index is 12.4. The quantitative estimate of drug-likeness (QED) is 0.799. The molecule has 0 heterocycles. The summed E-state index contributed by atoms with van der Waals surface area (Å²) < 4.78 is 37.1. The Hall–Kier alpha value is -0.970. The molecule has 1 unspecified atom stereocenters. The van der Waals surface area contributed by atoms with Crippen molar-refractivity contribution >= 4 is 17.5 Å². The SMILES string of the molecule is O=C1CCCC(Sc2ccc(C(F)(F)F)cc2)C1. The van der Waals surface area contributed by atoms with Crippen LogP contribution in [0.3, 0.4) is 0 Å². The summed E-state index contributed by atoms with van der Waals surface area (Å²) in [7, 11) is 0. The molecule has 0 N–H and O–H groups in total. The number of halogens is 3. The van der Waals surface area contributed by atoms with Gasteiger partial charge in [-0.15, -0.1) is 11.8 Å². The summed E-state index contributed by atoms with van der Waals surface area (Å²) in [4.78, 5) is 12.1. The monoisotopic (exact) mass is 274 g/mol. The third-order valence-electron chi connectivity index (χ3n) is 2.92. The number of benzene rings is 1. The largest absolute Gasteiger partial charge is 0.416 e. The molecule has 1 aromatic carbocycles. The smallest absolute Gasteiger partial charge is 0.300 e. The molecule has 0 radical (unpaired) electrons. The topological polar surface area (TPSA) is 17.1 Å². The van der Waals surface area contributed by atoms with Gasteiger partial charge in [-0.05, 0) is 37.1 Å². The third kappa shape index (κ3) is 3.51. The standard InChI is InChI=1S/C13H13F3OS/c14-13(15,16)9-4-6-11(7-5-9)18-12-3-1-2-10(17)8-12/h4-7,12H,1-3,8H2. The molecule has 0 spiro atoms. The molecule has 0 bridgehead atoms. The van der Waals surface area contributed by atoms with Crippen LogP contribution in [0.2, 0.25) is 0 Å². The highest BCUT2D eigenvalue weighted by atomic mass is 32.2. The van der Waals surface area contributed by atoms with Gasteiger partial charge in [-0.3, -0.25) is 4.79 Å². The average Bonchev–Trinajstić information content (AvgIpc) is 2.28. The van der Waals surface area contributed by atoms with E-state index in [0.717, 1.165) is 29.9 Å². The molecule has 5 heteroatoms. The zero-order valence-electron chi connectivity index (χ0n) is 9.67. The van der Waals surface area contributed by atoms with Gasteiger partial charge in [0, 0.05) is 23.0 Å². The van der Waals surface area contributed by atoms with E-state index in [9.17, 15) is 18.0 Å². The van der Waals surface area contributed by atoms with Crippen molar-refractivity contribution in [3.05, 3.63) is 29.8 Å². The minimum Gasteiger partial charge on any atom is -0.300 e. The van der Waals surface area contributed by atoms with Crippen molar-refractivity contribution in [2.45, 2.75) is 42.0 Å². The molecule has 18 heavy (non-hydrogen) atoms. The van der Waals surface area contributed by atoms with E-state index in [2.05, 4.69) is 0 Å². The second-order valence-corrected chi connectivity index (χ2v) is 5.77. The van der Waals surface area contributed by atoms with Crippen LogP contribution in [0.4, 0.5) is 13.2 Å². The van der Waals surface area contributed by atoms with E-state index >= 15 is 0 Å². The zero-order valence-corrected chi connectivity index (χ0v) is 10.5. The van der Waals surface area contributed by atoms with Crippen molar-refractivity contribution in [1.82, 2.24) is 0 Å². The Morgan fingerprint density at radius 3 is 2.39 bits per heavy atom. The number of hydrogen-bond donors (Lipinski definition) is 0. The van der Waals surface area contributed by atoms with Crippen LogP contribution in [-0.2, 0) is 11.0 Å². The van der Waals surface area contributed by atoms with Gasteiger partial charge in [0.1, 0.15) is 5.78 Å². The maximum Gasteiger partial charge on any atom is 0.416 e. The first-order valence-corrected chi connectivity index (χ1v) is 6.69. The Morgan fingerprint density at radius 2 is 1.83 bits per heavy atom. The van der Waals surface area contributed by atoms with Gasteiger partial charge in [-0.25, -0.2) is 0 Å². The minimum absolute atomic E-state index is 0.211. The first-order valence-electron chi connectivity index (χ1n) is 5.81. The molecule has 1 aliphatic carbocycles. The van der Waals surface area contributed by atoms with Crippen molar-refractivity contribution in [1.29, 1.82) is 0 Å². The molecule has 1 nitrogen and oxygen atoms in total. The Bertz CT molecular complexity index is 425. The van der Waals surface area contributed by atoms with Crippen molar-refractivity contribution in [2.75, 3.05) is 0 Å². The minimum atomic E-state index is -4.29. The number of carbonyl (C=O) groups is 1. The molecule has 0 aromatic heterocycles. The Morgan fingerprint density at radius 1 is 1.17 bits per heavy atom. The predicted molar refractivity (Wildman–Crippen MR) is 64.6 cm³/mol. The Labute approximate surface area is 108 Å². The van der Waals surface area contributed by atoms with Crippen LogP contribution >= 0.6 is 11.8 Å². The lowest BCUT2D eigenvalue weighted by molar-refractivity contribution is -0.137. The van der Waals surface area contributed by atoms with E-state index < -0.39 is 11.7 Å². The van der Waals surface area contributed by atoms with Crippen LogP contribution < -0.4 is 0 Å². The van der Waals surface area contributed by atoms with Crippen molar-refractivity contribution in [3.8, 4) is 0 Å². The van der Waals surface area contributed by atoms with Crippen LogP contribution in [0, 0.1) is 0 Å². The van der Waals surface area contributed by atoms with Gasteiger partial charge in [0.05, 0.1) is 5.56 Å². The number of hydrogen-bond acceptors (Lipinski definition) is 2. The van der Waals surface area contributed by atoms with Gasteiger partial charge in [0.2, 0.25) is 0 Å². The highest BCUT2D eigenvalue weighted by Crippen LogP contribution is 2.34. The van der Waals surface area contributed by atoms with Gasteiger partial charge >= 0.3 is 6.18 Å². The number of ketones is 1. The van der Waals surface area contributed by atoms with E-state index in [1.165, 1.54) is 23.9 Å². The van der Waals surface area contributed by atoms with E-state index in [0.29, 0.717) is 12.8 Å². The highest BCUT2D eigenvalue weighted by Gasteiger charge is 2.30. The molecule has 0 amide bonds. The number of Topliss-reactive ketones (excluding diaryl/α,β-unsaturated/α-hetero) is 1. The number of carbonyl (C=O) groups excluding carboxylic acids is 1. The van der Waals surface area contributed by atoms with Crippen molar-refractivity contribution in [2.24, 2.45) is 0 Å². The first-order chi connectivity index (χ1) is 8.45. The molecule has 1 fully saturated rings. The van der Waals surface area contributed by atoms with Crippen molar-refractivity contribution < 1.29 is 18.0 Å². The molecule has 2 rings (SSSR count). The van der Waals surface area contributed by atoms with Crippen LogP contribution in [0.25, 0.3) is 0 Å². The summed E-state index contributed by atoms with van der Waals surface area (Å²) in [6, 6.07) is 5.14. The van der Waals surface area contributed by atoms with E-state index in [1.54, 1.807) is 0 Å². The van der Waals surface area contributed by atoms with Crippen LogP contribution in [0.15, 0.2) is 29.2 Å². The van der Waals surface area contributed by atoms with Gasteiger partial charge in [-0.1, -0.05) is 0 Å². The van der Waals surface area contributed by atoms with Gasteiger partial charge in [-0.2, -0.15) is 13.2 Å². The normalized spacial score (nSPS) is 21.1. The molecule has 1 aliphatic rings. The van der Waals surface area contributed by atoms with Crippen LogP contribution in [0.5, 0.6) is 0 Å². The lowest BCUT2D eigenvalue weighted by Crippen LogP contribution is -2.16. The number of alkyl halides is 3. The molecule has 1 saturated carbocycles. The predicted octanol–water partition coefficient (Wildman–Crippen LogP) is 4.31. The molecular weight excluding hydrogens is 261 g/mol. The fourth-order valence-corrected chi connectivity index (χ4v) is 3.23. The number of thioether (sulfide) groups is 1. The lowest BCUT2D eigenvalue weighted by Gasteiger charge is -2.20. The summed E-state index contributed by atoms with van der Waals surface area (Å²) in [6.07, 6.45) is -1.27. The van der Waals surface area contributed by atoms with Crippen LogP contribution in [0.1, 0.15) is 31.2 Å². The molecule has 1 aromatic rings. The summed E-state index contributed by atoms with van der Waals surface area (Å²) in [5, 5.41) is 0.211. The van der Waals surface area contributed by atoms with E-state index in [4.69, 9.17) is 0 Å². The van der Waals surface area contributed by atoms with Crippen LogP contribution in [-0.4, -0.2) is 11.0 Å². The summed E-state index contributed by atoms with van der Waals surface area (Å²) in [5.41, 5.74) is -0.633. The fourth-order valence-electron chi connectivity index (χ4n) is 2.00. The van der Waals surface area contributed by atoms with Gasteiger partial charge in [0.25, 0.3) is 0 Å². The average molecular weight is 274 g/mol. The second-order valence-electron chi connectivity index (χ2n) is 4.40. The summed E-state index contributed by atoms with van der Waals surface area (Å²) in [6.45, 7) is 0. The van der Waals surface area contributed by atoms with E-state index in [1.807, 2.05) is 0 Å². The second kappa shape index (κ2) is 5.34. The zero-order chi connectivity index (χ0) is 13.2. The molecule has 98 valence electrons. The fraction of sp³-hybridized carbons (Fsp3) is 0.462. The number of rotatable bonds is 2.